The van der Waals surface area contributed by atoms with Crippen LogP contribution in [0, 0.1) is 5.41 Å². The highest BCUT2D eigenvalue weighted by molar-refractivity contribution is 5.84. The van der Waals surface area contributed by atoms with Crippen molar-refractivity contribution in [1.82, 2.24) is 10.3 Å². The van der Waals surface area contributed by atoms with Crippen molar-refractivity contribution < 1.29 is 9.53 Å². The van der Waals surface area contributed by atoms with Crippen LogP contribution in [-0.4, -0.2) is 37.2 Å². The third kappa shape index (κ3) is 2.87. The monoisotopic (exact) mass is 301 g/mol. The minimum absolute atomic E-state index is 0.0677. The maximum absolute atomic E-state index is 12.5. The van der Waals surface area contributed by atoms with Gasteiger partial charge in [-0.05, 0) is 30.9 Å². The molecule has 5 nitrogen and oxygen atoms in total. The van der Waals surface area contributed by atoms with Crippen LogP contribution in [0.3, 0.4) is 0 Å². The first-order valence-electron chi connectivity index (χ1n) is 7.86. The Kier molecular flexibility index (Phi) is 4.45. The summed E-state index contributed by atoms with van der Waals surface area (Å²) in [6.07, 6.45) is 4.25. The smallest absolute Gasteiger partial charge is 0.227 e. The van der Waals surface area contributed by atoms with Crippen molar-refractivity contribution in [2.75, 3.05) is 26.3 Å². The van der Waals surface area contributed by atoms with Gasteiger partial charge in [0, 0.05) is 43.4 Å². The van der Waals surface area contributed by atoms with Crippen LogP contribution in [0.4, 0.5) is 0 Å². The third-order valence-electron chi connectivity index (χ3n) is 4.68. The Morgan fingerprint density at radius 1 is 1.32 bits per heavy atom. The molecule has 3 rings (SSSR count). The molecule has 0 spiro atoms. The number of carbonyl (C=O) groups is 1. The molecule has 0 unspecified atom stereocenters. The zero-order chi connectivity index (χ0) is 15.4. The number of hydrogen-bond acceptors (Lipinski definition) is 3. The fourth-order valence-corrected chi connectivity index (χ4v) is 3.12. The quantitative estimate of drug-likeness (QED) is 0.784. The Morgan fingerprint density at radius 3 is 2.86 bits per heavy atom. The number of rotatable bonds is 5. The summed E-state index contributed by atoms with van der Waals surface area (Å²) in [6, 6.07) is 8.20. The molecule has 0 radical (unpaired) electrons. The Morgan fingerprint density at radius 2 is 2.09 bits per heavy atom. The van der Waals surface area contributed by atoms with Gasteiger partial charge in [0.05, 0.1) is 5.41 Å². The van der Waals surface area contributed by atoms with Gasteiger partial charge in [-0.1, -0.05) is 18.2 Å². The molecule has 5 heteroatoms. The zero-order valence-electron chi connectivity index (χ0n) is 12.7. The van der Waals surface area contributed by atoms with Crippen molar-refractivity contribution in [3.63, 3.8) is 0 Å². The highest BCUT2D eigenvalue weighted by atomic mass is 16.5. The summed E-state index contributed by atoms with van der Waals surface area (Å²) in [6.45, 7) is 2.25. The first kappa shape index (κ1) is 15.1. The van der Waals surface area contributed by atoms with E-state index < -0.39 is 5.41 Å². The molecule has 118 valence electrons. The van der Waals surface area contributed by atoms with E-state index in [0.717, 1.165) is 11.9 Å². The van der Waals surface area contributed by atoms with Gasteiger partial charge in [0.2, 0.25) is 5.91 Å². The lowest BCUT2D eigenvalue weighted by Gasteiger charge is -2.34. The Labute approximate surface area is 130 Å². The maximum Gasteiger partial charge on any atom is 0.227 e. The summed E-state index contributed by atoms with van der Waals surface area (Å²) in [4.78, 5) is 15.7. The number of ether oxygens (including phenoxy) is 1. The summed E-state index contributed by atoms with van der Waals surface area (Å²) >= 11 is 0. The number of aromatic nitrogens is 1. The number of nitrogens with one attached hydrogen (secondary N) is 2. The molecule has 1 aliphatic rings. The second-order valence-electron chi connectivity index (χ2n) is 5.96. The number of aromatic amines is 1. The second-order valence-corrected chi connectivity index (χ2v) is 5.96. The zero-order valence-corrected chi connectivity index (χ0v) is 12.7. The number of para-hydroxylation sites is 1. The molecule has 0 atom stereocenters. The SMILES string of the molecule is NCC1(C(=O)NCCc2c[nH]c3ccccc23)CCOCC1. The minimum atomic E-state index is -0.446. The lowest BCUT2D eigenvalue weighted by molar-refractivity contribution is -0.135. The predicted octanol–water partition coefficient (Wildman–Crippen LogP) is 1.58. The maximum atomic E-state index is 12.5. The molecule has 1 aromatic carbocycles. The van der Waals surface area contributed by atoms with E-state index in [1.807, 2.05) is 18.3 Å². The second kappa shape index (κ2) is 6.50. The van der Waals surface area contributed by atoms with Crippen LogP contribution in [0.15, 0.2) is 30.5 Å². The van der Waals surface area contributed by atoms with E-state index in [1.165, 1.54) is 10.9 Å². The molecule has 1 aromatic heterocycles. The van der Waals surface area contributed by atoms with Crippen molar-refractivity contribution in [2.24, 2.45) is 11.1 Å². The molecular formula is C17H23N3O2. The highest BCUT2D eigenvalue weighted by Gasteiger charge is 2.38. The number of benzene rings is 1. The van der Waals surface area contributed by atoms with Crippen LogP contribution >= 0.6 is 0 Å². The number of amides is 1. The summed E-state index contributed by atoms with van der Waals surface area (Å²) in [7, 11) is 0. The number of hydrogen-bond donors (Lipinski definition) is 3. The first-order valence-corrected chi connectivity index (χ1v) is 7.86. The topological polar surface area (TPSA) is 80.1 Å². The molecule has 0 saturated carbocycles. The summed E-state index contributed by atoms with van der Waals surface area (Å²) < 4.78 is 5.35. The normalized spacial score (nSPS) is 17.5. The molecule has 1 aliphatic heterocycles. The van der Waals surface area contributed by atoms with Crippen molar-refractivity contribution in [3.05, 3.63) is 36.0 Å². The fourth-order valence-electron chi connectivity index (χ4n) is 3.12. The van der Waals surface area contributed by atoms with E-state index in [9.17, 15) is 4.79 Å². The molecule has 2 heterocycles. The standard InChI is InChI=1S/C17H23N3O2/c18-12-17(6-9-22-10-7-17)16(21)19-8-5-13-11-20-15-4-2-1-3-14(13)15/h1-4,11,20H,5-10,12,18H2,(H,19,21). The van der Waals surface area contributed by atoms with Gasteiger partial charge in [-0.2, -0.15) is 0 Å². The van der Waals surface area contributed by atoms with Gasteiger partial charge in [-0.3, -0.25) is 4.79 Å². The molecule has 22 heavy (non-hydrogen) atoms. The average Bonchev–Trinajstić information content (AvgIpc) is 2.99. The molecule has 1 saturated heterocycles. The number of nitrogens with two attached hydrogens (primary N) is 1. The largest absolute Gasteiger partial charge is 0.381 e. The van der Waals surface area contributed by atoms with Crippen molar-refractivity contribution in [3.8, 4) is 0 Å². The Hall–Kier alpha value is -1.85. The van der Waals surface area contributed by atoms with Gasteiger partial charge >= 0.3 is 0 Å². The van der Waals surface area contributed by atoms with E-state index in [2.05, 4.69) is 22.4 Å². The Bertz CT molecular complexity index is 644. The van der Waals surface area contributed by atoms with Crippen LogP contribution in [-0.2, 0) is 16.0 Å². The van der Waals surface area contributed by atoms with Crippen molar-refractivity contribution >= 4 is 16.8 Å². The van der Waals surface area contributed by atoms with E-state index in [4.69, 9.17) is 10.5 Å². The minimum Gasteiger partial charge on any atom is -0.381 e. The van der Waals surface area contributed by atoms with Gasteiger partial charge in [0.1, 0.15) is 0 Å². The molecule has 0 bridgehead atoms. The number of carbonyl (C=O) groups excluding carboxylic acids is 1. The highest BCUT2D eigenvalue weighted by Crippen LogP contribution is 2.29. The average molecular weight is 301 g/mol. The van der Waals surface area contributed by atoms with Gasteiger partial charge in [0.25, 0.3) is 0 Å². The van der Waals surface area contributed by atoms with E-state index in [1.54, 1.807) is 0 Å². The number of H-pyrrole nitrogens is 1. The predicted molar refractivity (Wildman–Crippen MR) is 86.6 cm³/mol. The summed E-state index contributed by atoms with van der Waals surface area (Å²) in [5, 5.41) is 4.28. The molecular weight excluding hydrogens is 278 g/mol. The lowest BCUT2D eigenvalue weighted by Crippen LogP contribution is -2.49. The third-order valence-corrected chi connectivity index (χ3v) is 4.68. The van der Waals surface area contributed by atoms with Crippen LogP contribution in [0.5, 0.6) is 0 Å². The van der Waals surface area contributed by atoms with Crippen LogP contribution < -0.4 is 11.1 Å². The van der Waals surface area contributed by atoms with E-state index in [-0.39, 0.29) is 5.91 Å². The van der Waals surface area contributed by atoms with Crippen LogP contribution in [0.1, 0.15) is 18.4 Å². The van der Waals surface area contributed by atoms with Gasteiger partial charge < -0.3 is 20.8 Å². The van der Waals surface area contributed by atoms with Gasteiger partial charge in [0.15, 0.2) is 0 Å². The van der Waals surface area contributed by atoms with E-state index in [0.29, 0.717) is 39.1 Å². The van der Waals surface area contributed by atoms with E-state index >= 15 is 0 Å². The van der Waals surface area contributed by atoms with Crippen molar-refractivity contribution in [2.45, 2.75) is 19.3 Å². The van der Waals surface area contributed by atoms with Crippen LogP contribution in [0.2, 0.25) is 0 Å². The molecule has 4 N–H and O–H groups in total. The lowest BCUT2D eigenvalue weighted by atomic mass is 9.79. The summed E-state index contributed by atoms with van der Waals surface area (Å²) in [5.74, 6) is 0.0677. The fraction of sp³-hybridized carbons (Fsp3) is 0.471. The molecule has 1 fully saturated rings. The van der Waals surface area contributed by atoms with Gasteiger partial charge in [-0.15, -0.1) is 0 Å². The number of fused-ring (bicyclic) bond motifs is 1. The molecule has 0 aliphatic carbocycles. The Balaban J connectivity index is 1.59. The van der Waals surface area contributed by atoms with Crippen LogP contribution in [0.25, 0.3) is 10.9 Å². The molecule has 1 amide bonds. The first-order chi connectivity index (χ1) is 10.7. The summed E-state index contributed by atoms with van der Waals surface area (Å²) in [5.41, 5.74) is 7.77. The van der Waals surface area contributed by atoms with Crippen molar-refractivity contribution in [1.29, 1.82) is 0 Å². The van der Waals surface area contributed by atoms with Gasteiger partial charge in [-0.25, -0.2) is 0 Å². The molecule has 2 aromatic rings.